The molecule has 0 aliphatic carbocycles. The van der Waals surface area contributed by atoms with Crippen molar-refractivity contribution in [1.29, 1.82) is 0 Å². The zero-order valence-corrected chi connectivity index (χ0v) is 23.0. The van der Waals surface area contributed by atoms with Gasteiger partial charge in [-0.25, -0.2) is 8.42 Å². The number of benzene rings is 2. The molecule has 0 aromatic heterocycles. The molecular weight excluding hydrogens is 518 g/mol. The van der Waals surface area contributed by atoms with Crippen LogP contribution in [0.5, 0.6) is 0 Å². The lowest BCUT2D eigenvalue weighted by Crippen LogP contribution is -2.52. The number of rotatable bonds is 10. The Kier molecular flexibility index (Phi) is 9.70. The fourth-order valence-corrected chi connectivity index (χ4v) is 4.50. The van der Waals surface area contributed by atoms with Crippen LogP contribution in [0.15, 0.2) is 46.9 Å². The lowest BCUT2D eigenvalue weighted by molar-refractivity contribution is -0.139. The predicted molar refractivity (Wildman–Crippen MR) is 140 cm³/mol. The van der Waals surface area contributed by atoms with Crippen LogP contribution in [0.1, 0.15) is 43.9 Å². The average molecular weight is 553 g/mol. The Hall–Kier alpha value is -2.39. The summed E-state index contributed by atoms with van der Waals surface area (Å²) in [6.45, 7) is 9.11. The van der Waals surface area contributed by atoms with Crippen LogP contribution in [-0.2, 0) is 26.2 Å². The molecule has 1 N–H and O–H groups in total. The van der Waals surface area contributed by atoms with Crippen molar-refractivity contribution in [2.75, 3.05) is 17.1 Å². The van der Waals surface area contributed by atoms with Crippen LogP contribution in [0, 0.1) is 13.8 Å². The lowest BCUT2D eigenvalue weighted by Gasteiger charge is -2.32. The van der Waals surface area contributed by atoms with Gasteiger partial charge in [0.15, 0.2) is 0 Å². The Morgan fingerprint density at radius 3 is 2.26 bits per heavy atom. The molecule has 9 heteroatoms. The van der Waals surface area contributed by atoms with Gasteiger partial charge in [0.05, 0.1) is 11.9 Å². The maximum atomic E-state index is 13.6. The normalized spacial score (nSPS) is 13.1. The molecule has 0 bridgehead atoms. The van der Waals surface area contributed by atoms with E-state index in [2.05, 4.69) is 21.2 Å². The molecule has 34 heavy (non-hydrogen) atoms. The van der Waals surface area contributed by atoms with Crippen LogP contribution in [0.4, 0.5) is 5.69 Å². The van der Waals surface area contributed by atoms with Crippen molar-refractivity contribution in [1.82, 2.24) is 10.2 Å². The van der Waals surface area contributed by atoms with Gasteiger partial charge in [-0.05, 0) is 69.0 Å². The second kappa shape index (κ2) is 11.8. The molecule has 0 saturated heterocycles. The molecule has 2 rings (SSSR count). The Morgan fingerprint density at radius 2 is 1.71 bits per heavy atom. The minimum atomic E-state index is -3.76. The van der Waals surface area contributed by atoms with Crippen LogP contribution >= 0.6 is 15.9 Å². The van der Waals surface area contributed by atoms with Gasteiger partial charge in [-0.3, -0.25) is 13.9 Å². The maximum Gasteiger partial charge on any atom is 0.244 e. The third kappa shape index (κ3) is 7.30. The van der Waals surface area contributed by atoms with Crippen molar-refractivity contribution in [2.45, 2.75) is 59.7 Å². The molecule has 7 nitrogen and oxygen atoms in total. The van der Waals surface area contributed by atoms with E-state index in [4.69, 9.17) is 0 Å². The molecule has 0 heterocycles. The summed E-state index contributed by atoms with van der Waals surface area (Å²) < 4.78 is 27.2. The number of anilines is 1. The van der Waals surface area contributed by atoms with Crippen LogP contribution in [-0.4, -0.2) is 50.0 Å². The summed E-state index contributed by atoms with van der Waals surface area (Å²) in [4.78, 5) is 27.9. The number of nitrogens with one attached hydrogen (secondary N) is 1. The first kappa shape index (κ1) is 27.9. The highest BCUT2D eigenvalue weighted by atomic mass is 79.9. The van der Waals surface area contributed by atoms with Gasteiger partial charge in [0.2, 0.25) is 21.8 Å². The third-order valence-electron chi connectivity index (χ3n) is 5.88. The van der Waals surface area contributed by atoms with E-state index in [1.165, 1.54) is 4.90 Å². The Balaban J connectivity index is 2.42. The van der Waals surface area contributed by atoms with Gasteiger partial charge in [0.1, 0.15) is 12.6 Å². The number of nitrogens with zero attached hydrogens (tertiary/aromatic N) is 2. The third-order valence-corrected chi connectivity index (χ3v) is 7.91. The number of amides is 2. The minimum absolute atomic E-state index is 0.0383. The quantitative estimate of drug-likeness (QED) is 0.480. The number of aryl methyl sites for hydroxylation is 2. The highest BCUT2D eigenvalue weighted by Gasteiger charge is 2.30. The summed E-state index contributed by atoms with van der Waals surface area (Å²) >= 11 is 3.42. The zero-order chi connectivity index (χ0) is 25.6. The zero-order valence-electron chi connectivity index (χ0n) is 20.6. The summed E-state index contributed by atoms with van der Waals surface area (Å²) in [5.41, 5.74) is 3.11. The van der Waals surface area contributed by atoms with Gasteiger partial charge in [0.25, 0.3) is 0 Å². The number of hydrogen-bond donors (Lipinski definition) is 1. The number of carbonyl (C=O) groups is 2. The van der Waals surface area contributed by atoms with Gasteiger partial charge >= 0.3 is 0 Å². The first-order chi connectivity index (χ1) is 15.8. The van der Waals surface area contributed by atoms with E-state index in [1.54, 1.807) is 25.1 Å². The molecule has 0 aliphatic rings. The molecule has 0 spiro atoms. The van der Waals surface area contributed by atoms with Crippen molar-refractivity contribution < 1.29 is 18.0 Å². The van der Waals surface area contributed by atoms with Crippen molar-refractivity contribution in [3.8, 4) is 0 Å². The Morgan fingerprint density at radius 1 is 1.06 bits per heavy atom. The summed E-state index contributed by atoms with van der Waals surface area (Å²) in [5.74, 6) is -0.734. The SMILES string of the molecule is CCC(C)NC(=O)C(C)N(Cc1ccccc1C)C(=O)CN(c1ccc(Br)c(C)c1)S(C)(=O)=O. The predicted octanol–water partition coefficient (Wildman–Crippen LogP) is 4.16. The van der Waals surface area contributed by atoms with Crippen LogP contribution in [0.25, 0.3) is 0 Å². The van der Waals surface area contributed by atoms with Crippen molar-refractivity contribution >= 4 is 43.5 Å². The molecule has 0 aliphatic heterocycles. The number of carbonyl (C=O) groups excluding carboxylic acids is 2. The molecule has 0 saturated carbocycles. The van der Waals surface area contributed by atoms with Gasteiger partial charge in [0, 0.05) is 17.1 Å². The molecule has 186 valence electrons. The second-order valence-corrected chi connectivity index (χ2v) is 11.4. The van der Waals surface area contributed by atoms with E-state index in [1.807, 2.05) is 52.0 Å². The Bertz CT molecular complexity index is 1140. The molecular formula is C25H34BrN3O4S. The van der Waals surface area contributed by atoms with E-state index >= 15 is 0 Å². The first-order valence-corrected chi connectivity index (χ1v) is 13.9. The summed E-state index contributed by atoms with van der Waals surface area (Å²) in [7, 11) is -3.76. The van der Waals surface area contributed by atoms with E-state index < -0.39 is 28.5 Å². The number of halogens is 1. The van der Waals surface area contributed by atoms with Gasteiger partial charge in [-0.15, -0.1) is 0 Å². The minimum Gasteiger partial charge on any atom is -0.352 e. The molecule has 2 atom stereocenters. The maximum absolute atomic E-state index is 13.6. The topological polar surface area (TPSA) is 86.8 Å². The van der Waals surface area contributed by atoms with Crippen molar-refractivity contribution in [2.24, 2.45) is 0 Å². The summed E-state index contributed by atoms with van der Waals surface area (Å²) in [6.07, 6.45) is 1.83. The van der Waals surface area contributed by atoms with Crippen LogP contribution in [0.3, 0.4) is 0 Å². The smallest absolute Gasteiger partial charge is 0.244 e. The fraction of sp³-hybridized carbons (Fsp3) is 0.440. The molecule has 2 amide bonds. The molecule has 0 fully saturated rings. The van der Waals surface area contributed by atoms with Gasteiger partial charge in [-0.1, -0.05) is 47.1 Å². The first-order valence-electron chi connectivity index (χ1n) is 11.2. The van der Waals surface area contributed by atoms with E-state index in [0.717, 1.165) is 38.1 Å². The van der Waals surface area contributed by atoms with Crippen molar-refractivity contribution in [3.63, 3.8) is 0 Å². The monoisotopic (exact) mass is 551 g/mol. The fourth-order valence-electron chi connectivity index (χ4n) is 3.42. The van der Waals surface area contributed by atoms with Gasteiger partial charge < -0.3 is 10.2 Å². The van der Waals surface area contributed by atoms with Crippen LogP contribution < -0.4 is 9.62 Å². The molecule has 2 unspecified atom stereocenters. The number of sulfonamides is 1. The van der Waals surface area contributed by atoms with Crippen LogP contribution in [0.2, 0.25) is 0 Å². The molecule has 0 radical (unpaired) electrons. The van der Waals surface area contributed by atoms with E-state index in [9.17, 15) is 18.0 Å². The molecule has 2 aromatic rings. The summed E-state index contributed by atoms with van der Waals surface area (Å²) in [5, 5.41) is 2.92. The largest absolute Gasteiger partial charge is 0.352 e. The van der Waals surface area contributed by atoms with Gasteiger partial charge in [-0.2, -0.15) is 0 Å². The second-order valence-electron chi connectivity index (χ2n) is 8.65. The summed E-state index contributed by atoms with van der Waals surface area (Å²) in [6, 6.07) is 11.9. The Labute approximate surface area is 211 Å². The standard InChI is InChI=1S/C25H34BrN3O4S/c1-7-19(4)27-25(31)20(5)28(15-21-11-9-8-10-17(21)2)24(30)16-29(34(6,32)33)22-12-13-23(26)18(3)14-22/h8-14,19-20H,7,15-16H2,1-6H3,(H,27,31). The highest BCUT2D eigenvalue weighted by Crippen LogP contribution is 2.25. The van der Waals surface area contributed by atoms with E-state index in [0.29, 0.717) is 5.69 Å². The van der Waals surface area contributed by atoms with Crippen molar-refractivity contribution in [3.05, 3.63) is 63.6 Å². The molecule has 2 aromatic carbocycles. The highest BCUT2D eigenvalue weighted by molar-refractivity contribution is 9.10. The number of hydrogen-bond acceptors (Lipinski definition) is 4. The average Bonchev–Trinajstić information content (AvgIpc) is 2.77. The lowest BCUT2D eigenvalue weighted by atomic mass is 10.1. The van der Waals surface area contributed by atoms with E-state index in [-0.39, 0.29) is 18.5 Å².